The lowest BCUT2D eigenvalue weighted by atomic mass is 10.2. The van der Waals surface area contributed by atoms with Gasteiger partial charge in [-0.2, -0.15) is 5.26 Å². The van der Waals surface area contributed by atoms with Crippen LogP contribution in [-0.2, 0) is 0 Å². The topological polar surface area (TPSA) is 101 Å². The van der Waals surface area contributed by atoms with Crippen molar-refractivity contribution in [2.75, 3.05) is 13.2 Å². The molecular weight excluding hydrogens is 236 g/mol. The van der Waals surface area contributed by atoms with Gasteiger partial charge in [0, 0.05) is 12.1 Å². The fraction of sp³-hybridized carbons (Fsp3) is 0.455. The van der Waals surface area contributed by atoms with E-state index in [4.69, 9.17) is 10.00 Å². The van der Waals surface area contributed by atoms with E-state index in [1.165, 1.54) is 6.07 Å². The molecule has 1 aromatic rings. The molecule has 2 heterocycles. The fourth-order valence-corrected chi connectivity index (χ4v) is 1.81. The molecule has 0 amide bonds. The summed E-state index contributed by atoms with van der Waals surface area (Å²) in [4.78, 5) is 13.8. The first-order valence-electron chi connectivity index (χ1n) is 5.61. The van der Waals surface area contributed by atoms with Crippen molar-refractivity contribution >= 4 is 5.69 Å². The number of aromatic nitrogens is 1. The molecule has 1 aliphatic rings. The lowest BCUT2D eigenvalue weighted by Crippen LogP contribution is -2.28. The van der Waals surface area contributed by atoms with E-state index in [0.29, 0.717) is 6.61 Å². The van der Waals surface area contributed by atoms with Crippen molar-refractivity contribution in [2.24, 2.45) is 0 Å². The average Bonchev–Trinajstić information content (AvgIpc) is 2.89. The average molecular weight is 248 g/mol. The Morgan fingerprint density at radius 2 is 2.56 bits per heavy atom. The van der Waals surface area contributed by atoms with Crippen LogP contribution in [0.4, 0.5) is 5.69 Å². The Bertz CT molecular complexity index is 492. The summed E-state index contributed by atoms with van der Waals surface area (Å²) in [6, 6.07) is 3.28. The first-order chi connectivity index (χ1) is 8.70. The van der Waals surface area contributed by atoms with Crippen molar-refractivity contribution in [1.82, 2.24) is 10.3 Å². The van der Waals surface area contributed by atoms with Crippen molar-refractivity contribution in [3.05, 3.63) is 27.9 Å². The normalized spacial score (nSPS) is 18.3. The van der Waals surface area contributed by atoms with Gasteiger partial charge < -0.3 is 10.1 Å². The van der Waals surface area contributed by atoms with E-state index in [1.54, 1.807) is 0 Å². The van der Waals surface area contributed by atoms with Crippen LogP contribution in [0.25, 0.3) is 0 Å². The van der Waals surface area contributed by atoms with Gasteiger partial charge >= 0.3 is 0 Å². The van der Waals surface area contributed by atoms with E-state index in [1.807, 2.05) is 6.07 Å². The van der Waals surface area contributed by atoms with Crippen LogP contribution in [0.3, 0.4) is 0 Å². The Labute approximate surface area is 104 Å². The summed E-state index contributed by atoms with van der Waals surface area (Å²) in [6.07, 6.45) is 3.22. The number of hydrogen-bond acceptors (Lipinski definition) is 6. The zero-order chi connectivity index (χ0) is 13.0. The predicted octanol–water partition coefficient (Wildman–Crippen LogP) is 0.992. The van der Waals surface area contributed by atoms with Gasteiger partial charge in [-0.3, -0.25) is 10.1 Å². The Morgan fingerprint density at radius 1 is 1.72 bits per heavy atom. The van der Waals surface area contributed by atoms with E-state index >= 15 is 0 Å². The number of pyridine rings is 1. The second-order valence-electron chi connectivity index (χ2n) is 4.02. The molecule has 0 spiro atoms. The lowest BCUT2D eigenvalue weighted by molar-refractivity contribution is -0.385. The molecule has 1 fully saturated rings. The molecule has 0 saturated carbocycles. The second-order valence-corrected chi connectivity index (χ2v) is 4.02. The van der Waals surface area contributed by atoms with Crippen molar-refractivity contribution < 1.29 is 9.66 Å². The van der Waals surface area contributed by atoms with Crippen molar-refractivity contribution in [3.63, 3.8) is 0 Å². The van der Waals surface area contributed by atoms with Gasteiger partial charge in [0.2, 0.25) is 5.88 Å². The molecule has 1 N–H and O–H groups in total. The maximum absolute atomic E-state index is 10.6. The quantitative estimate of drug-likeness (QED) is 0.629. The Balaban J connectivity index is 2.07. The molecular formula is C11H12N4O3. The lowest BCUT2D eigenvalue weighted by Gasteiger charge is -2.11. The molecule has 0 radical (unpaired) electrons. The molecule has 7 heteroatoms. The summed E-state index contributed by atoms with van der Waals surface area (Å²) in [5, 5.41) is 22.7. The molecule has 1 aromatic heterocycles. The van der Waals surface area contributed by atoms with Crippen molar-refractivity contribution in [2.45, 2.75) is 18.9 Å². The van der Waals surface area contributed by atoms with Gasteiger partial charge in [-0.25, -0.2) is 4.98 Å². The number of nitriles is 1. The Hall–Kier alpha value is -2.20. The maximum Gasteiger partial charge on any atom is 0.289 e. The minimum atomic E-state index is -0.587. The van der Waals surface area contributed by atoms with E-state index in [2.05, 4.69) is 10.3 Å². The number of ether oxygens (including phenoxy) is 1. The highest BCUT2D eigenvalue weighted by Gasteiger charge is 2.17. The molecule has 18 heavy (non-hydrogen) atoms. The zero-order valence-electron chi connectivity index (χ0n) is 9.63. The molecule has 0 aliphatic carbocycles. The number of nitrogens with zero attached hydrogens (tertiary/aromatic N) is 3. The minimum Gasteiger partial charge on any atom is -0.475 e. The standard InChI is InChI=1S/C11H12N4O3/c12-5-8-4-10(15(16)17)6-14-11(8)18-7-9-2-1-3-13-9/h4,6,9,13H,1-3,7H2. The first-order valence-corrected chi connectivity index (χ1v) is 5.61. The highest BCUT2D eigenvalue weighted by Crippen LogP contribution is 2.20. The number of nitrogens with one attached hydrogen (secondary N) is 1. The summed E-state index contributed by atoms with van der Waals surface area (Å²) >= 11 is 0. The van der Waals surface area contributed by atoms with E-state index in [-0.39, 0.29) is 23.2 Å². The van der Waals surface area contributed by atoms with Gasteiger partial charge in [0.1, 0.15) is 24.4 Å². The number of rotatable bonds is 4. The van der Waals surface area contributed by atoms with Gasteiger partial charge in [-0.15, -0.1) is 0 Å². The van der Waals surface area contributed by atoms with Crippen LogP contribution >= 0.6 is 0 Å². The van der Waals surface area contributed by atoms with Gasteiger partial charge in [-0.1, -0.05) is 0 Å². The van der Waals surface area contributed by atoms with Gasteiger partial charge in [0.15, 0.2) is 0 Å². The van der Waals surface area contributed by atoms with E-state index in [9.17, 15) is 10.1 Å². The summed E-state index contributed by atoms with van der Waals surface area (Å²) in [7, 11) is 0. The SMILES string of the molecule is N#Cc1cc([N+](=O)[O-])cnc1OCC1CCCN1. The number of nitro groups is 1. The summed E-state index contributed by atoms with van der Waals surface area (Å²) in [6.45, 7) is 1.38. The van der Waals surface area contributed by atoms with Crippen LogP contribution in [0.15, 0.2) is 12.3 Å². The van der Waals surface area contributed by atoms with Crippen molar-refractivity contribution in [1.29, 1.82) is 5.26 Å². The molecule has 1 aliphatic heterocycles. The third-order valence-corrected chi connectivity index (χ3v) is 2.75. The monoisotopic (exact) mass is 248 g/mol. The second kappa shape index (κ2) is 5.42. The molecule has 1 atom stereocenters. The smallest absolute Gasteiger partial charge is 0.289 e. The molecule has 7 nitrogen and oxygen atoms in total. The zero-order valence-corrected chi connectivity index (χ0v) is 9.63. The largest absolute Gasteiger partial charge is 0.475 e. The Kier molecular flexibility index (Phi) is 3.69. The van der Waals surface area contributed by atoms with Crippen LogP contribution in [0.2, 0.25) is 0 Å². The molecule has 1 unspecified atom stereocenters. The predicted molar refractivity (Wildman–Crippen MR) is 62.1 cm³/mol. The van der Waals surface area contributed by atoms with Crippen LogP contribution in [0.1, 0.15) is 18.4 Å². The molecule has 2 rings (SSSR count). The summed E-state index contributed by atoms with van der Waals surface area (Å²) < 4.78 is 5.43. The minimum absolute atomic E-state index is 0.0854. The number of hydrogen-bond donors (Lipinski definition) is 1. The van der Waals surface area contributed by atoms with Crippen LogP contribution < -0.4 is 10.1 Å². The van der Waals surface area contributed by atoms with Crippen LogP contribution in [0, 0.1) is 21.4 Å². The molecule has 1 saturated heterocycles. The van der Waals surface area contributed by atoms with Gasteiger partial charge in [0.25, 0.3) is 5.69 Å². The Morgan fingerprint density at radius 3 is 3.17 bits per heavy atom. The molecule has 94 valence electrons. The third kappa shape index (κ3) is 2.73. The van der Waals surface area contributed by atoms with Crippen LogP contribution in [-0.4, -0.2) is 29.1 Å². The fourth-order valence-electron chi connectivity index (χ4n) is 1.81. The highest BCUT2D eigenvalue weighted by molar-refractivity contribution is 5.44. The first kappa shape index (κ1) is 12.3. The van der Waals surface area contributed by atoms with Gasteiger partial charge in [-0.05, 0) is 19.4 Å². The van der Waals surface area contributed by atoms with Crippen molar-refractivity contribution in [3.8, 4) is 11.9 Å². The van der Waals surface area contributed by atoms with Crippen LogP contribution in [0.5, 0.6) is 5.88 Å². The highest BCUT2D eigenvalue weighted by atomic mass is 16.6. The third-order valence-electron chi connectivity index (χ3n) is 2.75. The molecule has 0 bridgehead atoms. The molecule has 0 aromatic carbocycles. The summed E-state index contributed by atoms with van der Waals surface area (Å²) in [5.74, 6) is 0.150. The maximum atomic E-state index is 10.6. The summed E-state index contributed by atoms with van der Waals surface area (Å²) in [5.41, 5.74) is -0.125. The van der Waals surface area contributed by atoms with Gasteiger partial charge in [0.05, 0.1) is 4.92 Å². The van der Waals surface area contributed by atoms with E-state index < -0.39 is 4.92 Å². The van der Waals surface area contributed by atoms with E-state index in [0.717, 1.165) is 25.6 Å².